The molecule has 0 aromatic rings. The molecule has 0 saturated heterocycles. The minimum atomic E-state index is -4.72. The first-order chi connectivity index (χ1) is 25.6. The van der Waals surface area contributed by atoms with E-state index in [1.165, 1.54) is 32.1 Å². The number of nitrogens with two attached hydrogens (primary N) is 1. The number of carboxylic acid groups (broad SMARTS) is 1. The second-order valence-electron chi connectivity index (χ2n) is 13.4. The second kappa shape index (κ2) is 36.4. The number of hydrogen-bond donors (Lipinski definition) is 3. The normalized spacial score (nSPS) is 14.3. The highest BCUT2D eigenvalue weighted by molar-refractivity contribution is 7.47. The zero-order valence-corrected chi connectivity index (χ0v) is 33.7. The summed E-state index contributed by atoms with van der Waals surface area (Å²) < 4.78 is 32.6. The van der Waals surface area contributed by atoms with Crippen molar-refractivity contribution < 1.29 is 47.5 Å². The topological polar surface area (TPSA) is 172 Å². The molecule has 0 saturated carbocycles. The number of allylic oxidation sites excluding steroid dienone is 8. The zero-order valence-electron chi connectivity index (χ0n) is 32.8. The van der Waals surface area contributed by atoms with Crippen LogP contribution in [0.2, 0.25) is 0 Å². The van der Waals surface area contributed by atoms with Crippen molar-refractivity contribution >= 4 is 25.7 Å². The van der Waals surface area contributed by atoms with Crippen molar-refractivity contribution in [2.24, 2.45) is 5.73 Å². The lowest BCUT2D eigenvalue weighted by molar-refractivity contribution is -0.161. The van der Waals surface area contributed by atoms with Crippen LogP contribution in [0.1, 0.15) is 162 Å². The Morgan fingerprint density at radius 2 is 1.02 bits per heavy atom. The molecule has 0 aliphatic carbocycles. The van der Waals surface area contributed by atoms with Gasteiger partial charge in [0.15, 0.2) is 6.10 Å². The molecule has 0 amide bonds. The Morgan fingerprint density at radius 1 is 0.585 bits per heavy atom. The van der Waals surface area contributed by atoms with Crippen molar-refractivity contribution in [1.82, 2.24) is 0 Å². The molecule has 1 unspecified atom stereocenters. The minimum Gasteiger partial charge on any atom is -0.480 e. The van der Waals surface area contributed by atoms with Crippen LogP contribution in [0.3, 0.4) is 0 Å². The molecule has 4 N–H and O–H groups in total. The Kier molecular flexibility index (Phi) is 34.7. The number of esters is 2. The van der Waals surface area contributed by atoms with Crippen LogP contribution in [0.15, 0.2) is 48.6 Å². The molecule has 0 rings (SSSR count). The van der Waals surface area contributed by atoms with Crippen LogP contribution in [-0.2, 0) is 37.5 Å². The van der Waals surface area contributed by atoms with Gasteiger partial charge in [-0.2, -0.15) is 0 Å². The molecular formula is C41H72NO10P. The number of carboxylic acids is 1. The largest absolute Gasteiger partial charge is 0.480 e. The number of ether oxygens (including phenoxy) is 2. The number of aliphatic carboxylic acids is 1. The van der Waals surface area contributed by atoms with E-state index in [4.69, 9.17) is 24.8 Å². The van der Waals surface area contributed by atoms with E-state index in [0.29, 0.717) is 12.8 Å². The molecule has 0 aliphatic heterocycles. The SMILES string of the molecule is CCCC/C=C\C/C=C\CCCCCCCC(=O)O[C@H](COC(=O)CCCCCCC/C=C\C/C=C\CCCCC)COP(=O)(O)OC[C@H](N)C(=O)O. The molecule has 0 aliphatic rings. The molecule has 306 valence electrons. The number of carbonyl (C=O) groups excluding carboxylic acids is 2. The average Bonchev–Trinajstić information content (AvgIpc) is 3.13. The summed E-state index contributed by atoms with van der Waals surface area (Å²) in [5, 5.41) is 8.87. The van der Waals surface area contributed by atoms with Gasteiger partial charge in [0.25, 0.3) is 0 Å². The summed E-state index contributed by atoms with van der Waals surface area (Å²) in [5.74, 6) is -2.42. The summed E-state index contributed by atoms with van der Waals surface area (Å²) in [6, 6.07) is -1.53. The van der Waals surface area contributed by atoms with Crippen molar-refractivity contribution in [2.75, 3.05) is 19.8 Å². The molecule has 0 aromatic carbocycles. The summed E-state index contributed by atoms with van der Waals surface area (Å²) in [6.07, 6.45) is 38.9. The number of phosphoric ester groups is 1. The Bertz CT molecular complexity index is 1090. The number of hydrogen-bond acceptors (Lipinski definition) is 9. The predicted molar refractivity (Wildman–Crippen MR) is 212 cm³/mol. The number of unbranched alkanes of at least 4 members (excludes halogenated alkanes) is 15. The lowest BCUT2D eigenvalue weighted by Crippen LogP contribution is -2.34. The Labute approximate surface area is 320 Å². The molecule has 0 radical (unpaired) electrons. The number of rotatable bonds is 37. The molecule has 11 nitrogen and oxygen atoms in total. The van der Waals surface area contributed by atoms with Crippen LogP contribution in [0, 0.1) is 0 Å². The Balaban J connectivity index is 4.47. The molecule has 0 bridgehead atoms. The van der Waals surface area contributed by atoms with Crippen molar-refractivity contribution in [3.8, 4) is 0 Å². The smallest absolute Gasteiger partial charge is 0.472 e. The second-order valence-corrected chi connectivity index (χ2v) is 14.9. The monoisotopic (exact) mass is 769 g/mol. The summed E-state index contributed by atoms with van der Waals surface area (Å²) >= 11 is 0. The van der Waals surface area contributed by atoms with Crippen LogP contribution in [0.5, 0.6) is 0 Å². The van der Waals surface area contributed by atoms with Crippen LogP contribution < -0.4 is 5.73 Å². The highest BCUT2D eigenvalue weighted by atomic mass is 31.2. The van der Waals surface area contributed by atoms with E-state index >= 15 is 0 Å². The van der Waals surface area contributed by atoms with Crippen LogP contribution in [0.25, 0.3) is 0 Å². The first kappa shape index (κ1) is 50.4. The van der Waals surface area contributed by atoms with E-state index in [2.05, 4.69) is 67.0 Å². The first-order valence-electron chi connectivity index (χ1n) is 20.2. The van der Waals surface area contributed by atoms with E-state index in [1.54, 1.807) is 0 Å². The van der Waals surface area contributed by atoms with Crippen molar-refractivity contribution in [2.45, 2.75) is 174 Å². The fourth-order valence-electron chi connectivity index (χ4n) is 5.05. The Morgan fingerprint density at radius 3 is 1.53 bits per heavy atom. The molecule has 0 heterocycles. The van der Waals surface area contributed by atoms with Crippen LogP contribution in [0.4, 0.5) is 0 Å². The molecule has 0 aromatic heterocycles. The first-order valence-corrected chi connectivity index (χ1v) is 21.7. The fraction of sp³-hybridized carbons (Fsp3) is 0.732. The van der Waals surface area contributed by atoms with Gasteiger partial charge in [-0.3, -0.25) is 23.4 Å². The molecule has 53 heavy (non-hydrogen) atoms. The maximum Gasteiger partial charge on any atom is 0.472 e. The van der Waals surface area contributed by atoms with E-state index in [9.17, 15) is 23.8 Å². The van der Waals surface area contributed by atoms with Gasteiger partial charge in [0.05, 0.1) is 13.2 Å². The van der Waals surface area contributed by atoms with E-state index < -0.39 is 51.1 Å². The van der Waals surface area contributed by atoms with Gasteiger partial charge in [-0.15, -0.1) is 0 Å². The van der Waals surface area contributed by atoms with Gasteiger partial charge in [-0.25, -0.2) is 4.57 Å². The van der Waals surface area contributed by atoms with Gasteiger partial charge < -0.3 is 25.2 Å². The van der Waals surface area contributed by atoms with Crippen molar-refractivity contribution in [3.05, 3.63) is 48.6 Å². The summed E-state index contributed by atoms with van der Waals surface area (Å²) in [4.78, 5) is 45.8. The zero-order chi connectivity index (χ0) is 39.3. The molecular weight excluding hydrogens is 697 g/mol. The molecule has 0 fully saturated rings. The van der Waals surface area contributed by atoms with E-state index in [0.717, 1.165) is 89.9 Å². The fourth-order valence-corrected chi connectivity index (χ4v) is 5.83. The van der Waals surface area contributed by atoms with Crippen molar-refractivity contribution in [3.63, 3.8) is 0 Å². The van der Waals surface area contributed by atoms with Gasteiger partial charge in [0.1, 0.15) is 12.6 Å². The third-order valence-electron chi connectivity index (χ3n) is 8.30. The van der Waals surface area contributed by atoms with Gasteiger partial charge >= 0.3 is 25.7 Å². The summed E-state index contributed by atoms with van der Waals surface area (Å²) in [7, 11) is -4.72. The summed E-state index contributed by atoms with van der Waals surface area (Å²) in [6.45, 7) is 2.69. The standard InChI is InChI=1S/C41H72NO10P/c1-3-5-7-9-11-13-15-17-19-21-22-24-26-28-30-32-39(43)49-34-37(35-50-53(47,48)51-36-38(42)41(45)46)52-40(44)33-31-29-27-25-23-20-18-16-14-12-10-8-6-4-2/h10-13,16-19,37-38H,3-9,14-15,20-36,42H2,1-2H3,(H,45,46)(H,47,48)/b12-10-,13-11-,18-16-,19-17-/t37-,38+/m1/s1. The van der Waals surface area contributed by atoms with Crippen molar-refractivity contribution in [1.29, 1.82) is 0 Å². The van der Waals surface area contributed by atoms with E-state index in [1.807, 2.05) is 0 Å². The van der Waals surface area contributed by atoms with Gasteiger partial charge in [0.2, 0.25) is 0 Å². The van der Waals surface area contributed by atoms with Gasteiger partial charge in [-0.05, 0) is 70.6 Å². The highest BCUT2D eigenvalue weighted by Crippen LogP contribution is 2.43. The lowest BCUT2D eigenvalue weighted by Gasteiger charge is -2.20. The maximum absolute atomic E-state index is 12.6. The number of phosphoric acid groups is 1. The molecule has 12 heteroatoms. The quantitative estimate of drug-likeness (QED) is 0.0238. The molecule has 0 spiro atoms. The third-order valence-corrected chi connectivity index (χ3v) is 9.25. The summed E-state index contributed by atoms with van der Waals surface area (Å²) in [5.41, 5.74) is 5.32. The highest BCUT2D eigenvalue weighted by Gasteiger charge is 2.28. The van der Waals surface area contributed by atoms with E-state index in [-0.39, 0.29) is 19.4 Å². The van der Waals surface area contributed by atoms with Crippen LogP contribution in [-0.4, -0.2) is 59.9 Å². The average molecular weight is 770 g/mol. The maximum atomic E-state index is 12.6. The Hall–Kier alpha value is -2.56. The minimum absolute atomic E-state index is 0.140. The van der Waals surface area contributed by atoms with Crippen LogP contribution >= 0.6 is 7.82 Å². The lowest BCUT2D eigenvalue weighted by atomic mass is 10.1. The number of carbonyl (C=O) groups is 3. The predicted octanol–water partition coefficient (Wildman–Crippen LogP) is 10.2. The van der Waals surface area contributed by atoms with Gasteiger partial charge in [0, 0.05) is 12.8 Å². The molecule has 3 atom stereocenters. The van der Waals surface area contributed by atoms with Gasteiger partial charge in [-0.1, -0.05) is 127 Å². The third kappa shape index (κ3) is 36.2.